The van der Waals surface area contributed by atoms with Crippen molar-refractivity contribution in [1.82, 2.24) is 9.80 Å². The molecule has 7 nitrogen and oxygen atoms in total. The number of hydrogen-bond acceptors (Lipinski definition) is 6. The SMILES string of the molecule is CCCCOc1cccc(/C(O)=C2\C(=O)C(=O)N(CCN3CCOCC3)C2c2ccccc2)c1. The first kappa shape index (κ1) is 24.0. The maximum atomic E-state index is 13.2. The Bertz CT molecular complexity index is 1030. The van der Waals surface area contributed by atoms with Crippen LogP contribution >= 0.6 is 0 Å². The van der Waals surface area contributed by atoms with Gasteiger partial charge in [0.15, 0.2) is 0 Å². The summed E-state index contributed by atoms with van der Waals surface area (Å²) in [4.78, 5) is 30.1. The van der Waals surface area contributed by atoms with Gasteiger partial charge in [-0.05, 0) is 24.1 Å². The summed E-state index contributed by atoms with van der Waals surface area (Å²) in [5.41, 5.74) is 1.37. The minimum atomic E-state index is -0.661. The van der Waals surface area contributed by atoms with Crippen LogP contribution in [0.5, 0.6) is 5.75 Å². The van der Waals surface area contributed by atoms with Crippen LogP contribution in [0.15, 0.2) is 60.2 Å². The number of rotatable bonds is 9. The van der Waals surface area contributed by atoms with E-state index in [4.69, 9.17) is 9.47 Å². The van der Waals surface area contributed by atoms with Gasteiger partial charge in [-0.15, -0.1) is 0 Å². The Balaban J connectivity index is 1.66. The van der Waals surface area contributed by atoms with Crippen molar-refractivity contribution < 1.29 is 24.2 Å². The molecule has 2 aromatic carbocycles. The van der Waals surface area contributed by atoms with Crippen molar-refractivity contribution >= 4 is 17.4 Å². The molecule has 2 saturated heterocycles. The van der Waals surface area contributed by atoms with Crippen molar-refractivity contribution in [1.29, 1.82) is 0 Å². The molecule has 7 heteroatoms. The standard InChI is InChI=1S/C27H32N2O5/c1-2-3-16-34-22-11-7-10-21(19-22)25(30)23-24(20-8-5-4-6-9-20)29(27(32)26(23)31)13-12-28-14-17-33-18-15-28/h4-11,19,24,30H,2-3,12-18H2,1H3/b25-23+. The summed E-state index contributed by atoms with van der Waals surface area (Å²) in [5.74, 6) is -0.804. The molecule has 2 aromatic rings. The maximum Gasteiger partial charge on any atom is 0.295 e. The van der Waals surface area contributed by atoms with E-state index in [9.17, 15) is 14.7 Å². The summed E-state index contributed by atoms with van der Waals surface area (Å²) in [7, 11) is 0. The number of carbonyl (C=O) groups is 2. The van der Waals surface area contributed by atoms with Crippen molar-refractivity contribution in [2.24, 2.45) is 0 Å². The molecule has 180 valence electrons. The predicted octanol–water partition coefficient (Wildman–Crippen LogP) is 3.62. The fourth-order valence-electron chi connectivity index (χ4n) is 4.39. The number of aliphatic hydroxyl groups excluding tert-OH is 1. The summed E-state index contributed by atoms with van der Waals surface area (Å²) < 4.78 is 11.2. The van der Waals surface area contributed by atoms with Gasteiger partial charge in [0, 0.05) is 31.7 Å². The second-order valence-electron chi connectivity index (χ2n) is 8.59. The molecule has 2 fully saturated rings. The van der Waals surface area contributed by atoms with Gasteiger partial charge in [-0.2, -0.15) is 0 Å². The first-order chi connectivity index (χ1) is 16.6. The molecule has 1 amide bonds. The van der Waals surface area contributed by atoms with Crippen molar-refractivity contribution in [2.75, 3.05) is 46.0 Å². The Hall–Kier alpha value is -3.16. The van der Waals surface area contributed by atoms with Crippen LogP contribution in [0.1, 0.15) is 36.9 Å². The van der Waals surface area contributed by atoms with Crippen LogP contribution in [0.2, 0.25) is 0 Å². The number of hydrogen-bond donors (Lipinski definition) is 1. The number of benzene rings is 2. The molecule has 1 N–H and O–H groups in total. The number of unbranched alkanes of at least 4 members (excludes halogenated alkanes) is 1. The Labute approximate surface area is 200 Å². The molecule has 0 aliphatic carbocycles. The first-order valence-electron chi connectivity index (χ1n) is 12.0. The molecule has 2 heterocycles. The molecule has 0 radical (unpaired) electrons. The van der Waals surface area contributed by atoms with Gasteiger partial charge >= 0.3 is 0 Å². The van der Waals surface area contributed by atoms with Crippen LogP contribution in [0, 0.1) is 0 Å². The average molecular weight is 465 g/mol. The summed E-state index contributed by atoms with van der Waals surface area (Å²) in [6.45, 7) is 6.62. The number of nitrogens with zero attached hydrogens (tertiary/aromatic N) is 2. The second kappa shape index (κ2) is 11.3. The summed E-state index contributed by atoms with van der Waals surface area (Å²) in [5, 5.41) is 11.3. The average Bonchev–Trinajstić information content (AvgIpc) is 3.13. The van der Waals surface area contributed by atoms with Gasteiger partial charge in [0.2, 0.25) is 0 Å². The van der Waals surface area contributed by atoms with Crippen LogP contribution in [0.3, 0.4) is 0 Å². The molecule has 2 aliphatic rings. The zero-order valence-electron chi connectivity index (χ0n) is 19.6. The Kier molecular flexibility index (Phi) is 7.98. The lowest BCUT2D eigenvalue weighted by atomic mass is 9.95. The second-order valence-corrected chi connectivity index (χ2v) is 8.59. The fraction of sp³-hybridized carbons (Fsp3) is 0.407. The van der Waals surface area contributed by atoms with Gasteiger partial charge in [0.05, 0.1) is 31.4 Å². The van der Waals surface area contributed by atoms with Crippen LogP contribution < -0.4 is 4.74 Å². The number of morpholine rings is 1. The molecule has 1 atom stereocenters. The lowest BCUT2D eigenvalue weighted by Gasteiger charge is -2.31. The van der Waals surface area contributed by atoms with Crippen molar-refractivity contribution in [3.8, 4) is 5.75 Å². The Morgan fingerprint density at radius 2 is 1.82 bits per heavy atom. The zero-order chi connectivity index (χ0) is 23.9. The Morgan fingerprint density at radius 3 is 2.56 bits per heavy atom. The monoisotopic (exact) mass is 464 g/mol. The van der Waals surface area contributed by atoms with E-state index in [1.54, 1.807) is 23.1 Å². The third-order valence-electron chi connectivity index (χ3n) is 6.29. The molecule has 4 rings (SSSR count). The molecule has 0 aromatic heterocycles. The maximum absolute atomic E-state index is 13.2. The molecular weight excluding hydrogens is 432 g/mol. The smallest absolute Gasteiger partial charge is 0.295 e. The minimum absolute atomic E-state index is 0.115. The van der Waals surface area contributed by atoms with E-state index in [1.807, 2.05) is 36.4 Å². The molecular formula is C27H32N2O5. The number of ketones is 1. The van der Waals surface area contributed by atoms with E-state index >= 15 is 0 Å². The molecule has 2 aliphatic heterocycles. The highest BCUT2D eigenvalue weighted by Crippen LogP contribution is 2.39. The number of carbonyl (C=O) groups excluding carboxylic acids is 2. The Morgan fingerprint density at radius 1 is 1.06 bits per heavy atom. The van der Waals surface area contributed by atoms with Crippen molar-refractivity contribution in [3.63, 3.8) is 0 Å². The highest BCUT2D eigenvalue weighted by molar-refractivity contribution is 6.46. The highest BCUT2D eigenvalue weighted by Gasteiger charge is 2.46. The normalized spacial score (nSPS) is 20.6. The van der Waals surface area contributed by atoms with Gasteiger partial charge in [0.1, 0.15) is 11.5 Å². The largest absolute Gasteiger partial charge is 0.507 e. The van der Waals surface area contributed by atoms with Gasteiger partial charge in [-0.25, -0.2) is 0 Å². The molecule has 0 bridgehead atoms. The zero-order valence-corrected chi connectivity index (χ0v) is 19.6. The fourth-order valence-corrected chi connectivity index (χ4v) is 4.39. The van der Waals surface area contributed by atoms with Gasteiger partial charge < -0.3 is 19.5 Å². The third kappa shape index (κ3) is 5.32. The van der Waals surface area contributed by atoms with E-state index in [-0.39, 0.29) is 11.3 Å². The summed E-state index contributed by atoms with van der Waals surface area (Å²) in [6, 6.07) is 15.8. The van der Waals surface area contributed by atoms with Crippen LogP contribution in [0.25, 0.3) is 5.76 Å². The van der Waals surface area contributed by atoms with E-state index in [0.717, 1.165) is 31.5 Å². The quantitative estimate of drug-likeness (QED) is 0.264. The minimum Gasteiger partial charge on any atom is -0.507 e. The highest BCUT2D eigenvalue weighted by atomic mass is 16.5. The predicted molar refractivity (Wildman–Crippen MR) is 130 cm³/mol. The molecule has 34 heavy (non-hydrogen) atoms. The molecule has 0 saturated carbocycles. The summed E-state index contributed by atoms with van der Waals surface area (Å²) >= 11 is 0. The summed E-state index contributed by atoms with van der Waals surface area (Å²) in [6.07, 6.45) is 1.95. The van der Waals surface area contributed by atoms with Gasteiger partial charge in [0.25, 0.3) is 11.7 Å². The first-order valence-corrected chi connectivity index (χ1v) is 12.0. The van der Waals surface area contributed by atoms with E-state index < -0.39 is 17.7 Å². The van der Waals surface area contributed by atoms with Crippen molar-refractivity contribution in [3.05, 3.63) is 71.3 Å². The topological polar surface area (TPSA) is 79.3 Å². The number of amides is 1. The third-order valence-corrected chi connectivity index (χ3v) is 6.29. The van der Waals surface area contributed by atoms with E-state index in [1.165, 1.54) is 0 Å². The molecule has 0 spiro atoms. The number of ether oxygens (including phenoxy) is 2. The lowest BCUT2D eigenvalue weighted by Crippen LogP contribution is -2.42. The lowest BCUT2D eigenvalue weighted by molar-refractivity contribution is -0.140. The van der Waals surface area contributed by atoms with Gasteiger partial charge in [-0.3, -0.25) is 14.5 Å². The van der Waals surface area contributed by atoms with Crippen LogP contribution in [-0.2, 0) is 14.3 Å². The van der Waals surface area contributed by atoms with Crippen LogP contribution in [0.4, 0.5) is 0 Å². The van der Waals surface area contributed by atoms with Crippen LogP contribution in [-0.4, -0.2) is 72.6 Å². The van der Waals surface area contributed by atoms with E-state index in [2.05, 4.69) is 11.8 Å². The number of aliphatic hydroxyl groups is 1. The number of likely N-dealkylation sites (tertiary alicyclic amines) is 1. The van der Waals surface area contributed by atoms with Gasteiger partial charge in [-0.1, -0.05) is 55.8 Å². The number of Topliss-reactive ketones (excluding diaryl/α,β-unsaturated/α-hetero) is 1. The van der Waals surface area contributed by atoms with E-state index in [0.29, 0.717) is 44.2 Å². The molecule has 1 unspecified atom stereocenters. The van der Waals surface area contributed by atoms with Crippen molar-refractivity contribution in [2.45, 2.75) is 25.8 Å².